The number of benzene rings is 3. The van der Waals surface area contributed by atoms with Gasteiger partial charge in [0.1, 0.15) is 11.6 Å². The number of hydrogen-bond acceptors (Lipinski definition) is 5. The lowest BCUT2D eigenvalue weighted by Gasteiger charge is -2.25. The number of hydrogen-bond donors (Lipinski definition) is 1. The van der Waals surface area contributed by atoms with Gasteiger partial charge in [-0.25, -0.2) is 14.2 Å². The normalized spacial score (nSPS) is 15.0. The van der Waals surface area contributed by atoms with Crippen molar-refractivity contribution in [2.75, 3.05) is 13.7 Å². The predicted molar refractivity (Wildman–Crippen MR) is 117 cm³/mol. The molecular weight excluding hydrogens is 411 g/mol. The number of rotatable bonds is 6. The smallest absolute Gasteiger partial charge is 0.338 e. The number of amides is 1. The molecule has 0 fully saturated rings. The van der Waals surface area contributed by atoms with Crippen LogP contribution in [0.5, 0.6) is 5.75 Å². The van der Waals surface area contributed by atoms with E-state index >= 15 is 0 Å². The van der Waals surface area contributed by atoms with Crippen molar-refractivity contribution in [1.82, 2.24) is 10.4 Å². The molecule has 0 spiro atoms. The molecule has 162 valence electrons. The molecule has 0 unspecified atom stereocenters. The molecule has 1 N–H and O–H groups in total. The molecule has 0 aromatic heterocycles. The van der Waals surface area contributed by atoms with Crippen molar-refractivity contribution in [1.29, 1.82) is 0 Å². The van der Waals surface area contributed by atoms with Gasteiger partial charge in [0, 0.05) is 0 Å². The van der Waals surface area contributed by atoms with Crippen molar-refractivity contribution < 1.29 is 23.5 Å². The van der Waals surface area contributed by atoms with Crippen LogP contribution in [0.4, 0.5) is 4.39 Å². The van der Waals surface area contributed by atoms with Gasteiger partial charge in [-0.05, 0) is 53.6 Å². The Morgan fingerprint density at radius 3 is 2.31 bits per heavy atom. The van der Waals surface area contributed by atoms with Gasteiger partial charge in [0.2, 0.25) is 0 Å². The fraction of sp³-hybridized carbons (Fsp3) is 0.120. The third kappa shape index (κ3) is 4.62. The van der Waals surface area contributed by atoms with Crippen LogP contribution in [0.1, 0.15) is 27.5 Å². The number of halogens is 1. The highest BCUT2D eigenvalue weighted by molar-refractivity contribution is 5.91. The minimum atomic E-state index is -0.699. The molecule has 0 aliphatic carbocycles. The van der Waals surface area contributed by atoms with Gasteiger partial charge in [-0.1, -0.05) is 42.5 Å². The van der Waals surface area contributed by atoms with Crippen molar-refractivity contribution in [3.05, 3.63) is 107 Å². The van der Waals surface area contributed by atoms with Crippen LogP contribution < -0.4 is 10.2 Å². The first-order valence-corrected chi connectivity index (χ1v) is 9.98. The first-order valence-electron chi connectivity index (χ1n) is 9.98. The first kappa shape index (κ1) is 21.1. The Bertz CT molecular complexity index is 1130. The molecule has 0 bridgehead atoms. The Hall–Kier alpha value is -4.13. The monoisotopic (exact) mass is 432 g/mol. The average Bonchev–Trinajstić information content (AvgIpc) is 3.29. The van der Waals surface area contributed by atoms with Crippen molar-refractivity contribution in [2.24, 2.45) is 0 Å². The molecule has 0 saturated carbocycles. The van der Waals surface area contributed by atoms with E-state index in [1.807, 2.05) is 60.7 Å². The number of nitrogens with zero attached hydrogens (tertiary/aromatic N) is 1. The third-order valence-electron chi connectivity index (χ3n) is 5.06. The van der Waals surface area contributed by atoms with E-state index in [2.05, 4.69) is 5.43 Å². The quantitative estimate of drug-likeness (QED) is 0.594. The van der Waals surface area contributed by atoms with Gasteiger partial charge in [-0.3, -0.25) is 10.2 Å². The van der Waals surface area contributed by atoms with Crippen LogP contribution >= 0.6 is 0 Å². The van der Waals surface area contributed by atoms with Crippen molar-refractivity contribution in [3.8, 4) is 5.75 Å². The Kier molecular flexibility index (Phi) is 6.17. The van der Waals surface area contributed by atoms with E-state index < -0.39 is 30.3 Å². The molecular formula is C25H21FN2O4. The summed E-state index contributed by atoms with van der Waals surface area (Å²) in [5, 5.41) is 1.43. The lowest BCUT2D eigenvalue weighted by atomic mass is 10.0. The maximum atomic E-state index is 13.1. The summed E-state index contributed by atoms with van der Waals surface area (Å²) in [6, 6.07) is 21.5. The Balaban J connectivity index is 1.52. The summed E-state index contributed by atoms with van der Waals surface area (Å²) >= 11 is 0. The molecule has 1 amide bonds. The zero-order valence-electron chi connectivity index (χ0n) is 17.3. The lowest BCUT2D eigenvalue weighted by Crippen LogP contribution is -2.42. The van der Waals surface area contributed by atoms with Crippen molar-refractivity contribution in [2.45, 2.75) is 6.04 Å². The summed E-state index contributed by atoms with van der Waals surface area (Å²) in [7, 11) is 1.59. The van der Waals surface area contributed by atoms with Crippen LogP contribution in [0, 0.1) is 5.82 Å². The summed E-state index contributed by atoms with van der Waals surface area (Å²) in [6.45, 7) is -0.466. The highest BCUT2D eigenvalue weighted by Gasteiger charge is 2.31. The first-order chi connectivity index (χ1) is 15.5. The largest absolute Gasteiger partial charge is 0.497 e. The number of hydrazine groups is 1. The molecule has 1 atom stereocenters. The maximum Gasteiger partial charge on any atom is 0.338 e. The van der Waals surface area contributed by atoms with Gasteiger partial charge in [-0.2, -0.15) is 0 Å². The summed E-state index contributed by atoms with van der Waals surface area (Å²) in [6.07, 6.45) is 1.94. The highest BCUT2D eigenvalue weighted by atomic mass is 19.1. The van der Waals surface area contributed by atoms with Gasteiger partial charge in [0.25, 0.3) is 5.91 Å². The minimum Gasteiger partial charge on any atom is -0.497 e. The molecule has 1 aliphatic rings. The van der Waals surface area contributed by atoms with Crippen molar-refractivity contribution in [3.63, 3.8) is 0 Å². The second-order valence-electron chi connectivity index (χ2n) is 7.12. The summed E-state index contributed by atoms with van der Waals surface area (Å²) in [4.78, 5) is 25.2. The minimum absolute atomic E-state index is 0.170. The average molecular weight is 432 g/mol. The second kappa shape index (κ2) is 9.34. The molecule has 4 rings (SSSR count). The van der Waals surface area contributed by atoms with Gasteiger partial charge in [-0.15, -0.1) is 0 Å². The van der Waals surface area contributed by atoms with E-state index in [1.165, 1.54) is 17.1 Å². The van der Waals surface area contributed by atoms with Gasteiger partial charge in [0.15, 0.2) is 6.61 Å². The van der Waals surface area contributed by atoms with E-state index in [0.29, 0.717) is 5.75 Å². The molecule has 6 nitrogen and oxygen atoms in total. The zero-order valence-corrected chi connectivity index (χ0v) is 17.3. The SMILES string of the molecule is COc1ccc([C@H]2C=C(c3ccccc3)NN2C(=O)COC(=O)c2ccc(F)cc2)cc1. The molecule has 3 aromatic carbocycles. The van der Waals surface area contributed by atoms with E-state index in [-0.39, 0.29) is 5.56 Å². The van der Waals surface area contributed by atoms with Crippen LogP contribution in [0.15, 0.2) is 84.9 Å². The van der Waals surface area contributed by atoms with Crippen LogP contribution in [0.2, 0.25) is 0 Å². The third-order valence-corrected chi connectivity index (χ3v) is 5.06. The highest BCUT2D eigenvalue weighted by Crippen LogP contribution is 2.32. The Labute approximate surface area is 184 Å². The molecule has 7 heteroatoms. The molecule has 0 radical (unpaired) electrons. The van der Waals surface area contributed by atoms with E-state index in [4.69, 9.17) is 9.47 Å². The van der Waals surface area contributed by atoms with Crippen LogP contribution in [0.3, 0.4) is 0 Å². The number of esters is 1. The molecule has 1 aliphatic heterocycles. The van der Waals surface area contributed by atoms with Crippen LogP contribution in [-0.4, -0.2) is 30.6 Å². The van der Waals surface area contributed by atoms with Gasteiger partial charge >= 0.3 is 5.97 Å². The second-order valence-corrected chi connectivity index (χ2v) is 7.12. The maximum absolute atomic E-state index is 13.1. The van der Waals surface area contributed by atoms with Crippen LogP contribution in [0.25, 0.3) is 5.70 Å². The van der Waals surface area contributed by atoms with E-state index in [0.717, 1.165) is 29.0 Å². The van der Waals surface area contributed by atoms with Gasteiger partial charge < -0.3 is 9.47 Å². The Morgan fingerprint density at radius 2 is 1.66 bits per heavy atom. The van der Waals surface area contributed by atoms with E-state index in [9.17, 15) is 14.0 Å². The molecule has 32 heavy (non-hydrogen) atoms. The molecule has 1 heterocycles. The fourth-order valence-corrected chi connectivity index (χ4v) is 3.38. The summed E-state index contributed by atoms with van der Waals surface area (Å²) in [5.41, 5.74) is 5.85. The van der Waals surface area contributed by atoms with Crippen molar-refractivity contribution >= 4 is 17.6 Å². The zero-order chi connectivity index (χ0) is 22.5. The van der Waals surface area contributed by atoms with E-state index in [1.54, 1.807) is 7.11 Å². The summed E-state index contributed by atoms with van der Waals surface area (Å²) < 4.78 is 23.4. The lowest BCUT2D eigenvalue weighted by molar-refractivity contribution is -0.137. The predicted octanol–water partition coefficient (Wildman–Crippen LogP) is 4.12. The number of carbonyl (C=O) groups is 2. The number of ether oxygens (including phenoxy) is 2. The fourth-order valence-electron chi connectivity index (χ4n) is 3.38. The standard InChI is InChI=1S/C25H21FN2O4/c1-31-21-13-9-18(10-14-21)23-15-22(17-5-3-2-4-6-17)27-28(23)24(29)16-32-25(30)19-7-11-20(26)12-8-19/h2-15,23,27H,16H2,1H3/t23-/m1/s1. The Morgan fingerprint density at radius 1 is 0.969 bits per heavy atom. The van der Waals surface area contributed by atoms with Crippen LogP contribution in [-0.2, 0) is 9.53 Å². The molecule has 0 saturated heterocycles. The summed E-state index contributed by atoms with van der Waals surface area (Å²) in [5.74, 6) is -0.878. The number of methoxy groups -OCH3 is 1. The van der Waals surface area contributed by atoms with Gasteiger partial charge in [0.05, 0.1) is 24.4 Å². The number of carbonyl (C=O) groups excluding carboxylic acids is 2. The molecule has 3 aromatic rings. The number of nitrogens with one attached hydrogen (secondary N) is 1. The topological polar surface area (TPSA) is 67.9 Å².